The van der Waals surface area contributed by atoms with E-state index in [9.17, 15) is 9.59 Å². The summed E-state index contributed by atoms with van der Waals surface area (Å²) in [5, 5.41) is 10.8. The molecule has 0 bridgehead atoms. The number of carbonyl (C=O) groups excluding carboxylic acids is 1. The number of aromatic nitrogens is 2. The number of halogens is 1. The molecule has 5 rings (SSSR count). The third kappa shape index (κ3) is 5.90. The Kier molecular flexibility index (Phi) is 8.76. The molecule has 0 saturated carbocycles. The van der Waals surface area contributed by atoms with Crippen LogP contribution in [0.4, 0.5) is 6.01 Å². The number of benzene rings is 3. The molecule has 13 nitrogen and oxygen atoms in total. The molecule has 3 aromatic carbocycles. The first kappa shape index (κ1) is 30.0. The Hall–Kier alpha value is -5.43. The van der Waals surface area contributed by atoms with Crippen LogP contribution in [-0.2, 0) is 4.79 Å². The van der Waals surface area contributed by atoms with E-state index in [0.717, 1.165) is 0 Å². The predicted octanol–water partition coefficient (Wildman–Crippen LogP) is 5.22. The summed E-state index contributed by atoms with van der Waals surface area (Å²) >= 11 is 6.03. The van der Waals surface area contributed by atoms with E-state index in [1.54, 1.807) is 36.4 Å². The van der Waals surface area contributed by atoms with Crippen molar-refractivity contribution in [2.45, 2.75) is 0 Å². The van der Waals surface area contributed by atoms with Gasteiger partial charge in [0.15, 0.2) is 23.9 Å². The van der Waals surface area contributed by atoms with Crippen LogP contribution in [0, 0.1) is 0 Å². The molecule has 0 saturated heterocycles. The lowest BCUT2D eigenvalue weighted by Crippen LogP contribution is -2.23. The van der Waals surface area contributed by atoms with Crippen LogP contribution < -0.4 is 39.2 Å². The Bertz CT molecular complexity index is 1880. The molecular formula is C30H26ClN3O10. The van der Waals surface area contributed by atoms with Gasteiger partial charge in [0.2, 0.25) is 22.8 Å². The second-order valence-electron chi connectivity index (χ2n) is 8.97. The van der Waals surface area contributed by atoms with Crippen LogP contribution in [0.2, 0.25) is 5.02 Å². The van der Waals surface area contributed by atoms with E-state index in [0.29, 0.717) is 39.1 Å². The van der Waals surface area contributed by atoms with E-state index in [2.05, 4.69) is 15.5 Å². The Morgan fingerprint density at radius 3 is 2.18 bits per heavy atom. The van der Waals surface area contributed by atoms with Crippen LogP contribution >= 0.6 is 11.6 Å². The van der Waals surface area contributed by atoms with Gasteiger partial charge in [-0.25, -0.2) is 0 Å². The van der Waals surface area contributed by atoms with Gasteiger partial charge in [-0.1, -0.05) is 22.8 Å². The molecule has 0 spiro atoms. The van der Waals surface area contributed by atoms with Gasteiger partial charge in [-0.15, -0.1) is 5.10 Å². The second-order valence-corrected chi connectivity index (χ2v) is 9.40. The Balaban J connectivity index is 1.53. The maximum absolute atomic E-state index is 13.9. The van der Waals surface area contributed by atoms with Gasteiger partial charge in [0.1, 0.15) is 22.5 Å². The molecule has 0 aliphatic heterocycles. The van der Waals surface area contributed by atoms with Gasteiger partial charge in [0.05, 0.1) is 35.5 Å². The fourth-order valence-corrected chi connectivity index (χ4v) is 4.55. The number of anilines is 1. The van der Waals surface area contributed by atoms with Crippen LogP contribution in [0.15, 0.2) is 62.2 Å². The molecule has 0 aliphatic rings. The largest absolute Gasteiger partial charge is 0.496 e. The lowest BCUT2D eigenvalue weighted by atomic mass is 10.1. The molecule has 44 heavy (non-hydrogen) atoms. The molecule has 5 aromatic rings. The highest BCUT2D eigenvalue weighted by atomic mass is 35.5. The van der Waals surface area contributed by atoms with Gasteiger partial charge in [0.25, 0.3) is 5.91 Å². The molecule has 14 heteroatoms. The van der Waals surface area contributed by atoms with E-state index in [1.165, 1.54) is 47.7 Å². The summed E-state index contributed by atoms with van der Waals surface area (Å²) in [6.07, 6.45) is 0. The molecular weight excluding hydrogens is 598 g/mol. The normalized spacial score (nSPS) is 10.8. The predicted molar refractivity (Wildman–Crippen MR) is 160 cm³/mol. The number of carbonyl (C=O) groups is 1. The number of rotatable bonds is 11. The molecule has 0 unspecified atom stereocenters. The number of fused-ring (bicyclic) bond motifs is 1. The first-order valence-corrected chi connectivity index (χ1v) is 13.2. The van der Waals surface area contributed by atoms with Crippen molar-refractivity contribution in [2.75, 3.05) is 47.5 Å². The first-order chi connectivity index (χ1) is 21.3. The highest BCUT2D eigenvalue weighted by Gasteiger charge is 2.25. The highest BCUT2D eigenvalue weighted by molar-refractivity contribution is 6.30. The van der Waals surface area contributed by atoms with Crippen LogP contribution in [0.3, 0.4) is 0 Å². The lowest BCUT2D eigenvalue weighted by molar-refractivity contribution is -0.118. The zero-order chi connectivity index (χ0) is 31.4. The van der Waals surface area contributed by atoms with Gasteiger partial charge in [-0.3, -0.25) is 14.9 Å². The summed E-state index contributed by atoms with van der Waals surface area (Å²) < 4.78 is 44.7. The molecule has 1 amide bonds. The topological polar surface area (TPSA) is 154 Å². The molecule has 0 atom stereocenters. The van der Waals surface area contributed by atoms with E-state index < -0.39 is 17.9 Å². The van der Waals surface area contributed by atoms with Crippen molar-refractivity contribution in [2.24, 2.45) is 0 Å². The molecule has 228 valence electrons. The number of amides is 1. The number of nitrogens with one attached hydrogen (secondary N) is 1. The Labute approximate surface area is 255 Å². The zero-order valence-corrected chi connectivity index (χ0v) is 24.9. The molecule has 0 fully saturated rings. The fraction of sp³-hybridized carbons (Fsp3) is 0.200. The molecule has 0 radical (unpaired) electrons. The smallest absolute Gasteiger partial charge is 0.322 e. The summed E-state index contributed by atoms with van der Waals surface area (Å²) in [6, 6.07) is 12.8. The van der Waals surface area contributed by atoms with Crippen molar-refractivity contribution in [3.8, 4) is 57.3 Å². The minimum absolute atomic E-state index is 0.0223. The number of ether oxygens (including phenoxy) is 6. The van der Waals surface area contributed by atoms with Crippen molar-refractivity contribution >= 4 is 34.5 Å². The van der Waals surface area contributed by atoms with Gasteiger partial charge in [-0.05, 0) is 30.3 Å². The van der Waals surface area contributed by atoms with Gasteiger partial charge >= 0.3 is 6.01 Å². The summed E-state index contributed by atoms with van der Waals surface area (Å²) in [7, 11) is 7.23. The van der Waals surface area contributed by atoms with Crippen molar-refractivity contribution < 1.29 is 42.1 Å². The van der Waals surface area contributed by atoms with Crippen LogP contribution in [0.1, 0.15) is 0 Å². The van der Waals surface area contributed by atoms with E-state index >= 15 is 0 Å². The van der Waals surface area contributed by atoms with Crippen molar-refractivity contribution in [3.05, 3.63) is 63.8 Å². The van der Waals surface area contributed by atoms with Crippen LogP contribution in [0.25, 0.3) is 33.7 Å². The maximum atomic E-state index is 13.9. The van der Waals surface area contributed by atoms with Crippen LogP contribution in [-0.4, -0.2) is 58.3 Å². The molecule has 2 aromatic heterocycles. The summed E-state index contributed by atoms with van der Waals surface area (Å²) in [5.74, 6) is 0.628. The molecule has 0 aliphatic carbocycles. The number of nitrogens with zero attached hydrogens (tertiary/aromatic N) is 2. The number of hydrogen-bond donors (Lipinski definition) is 1. The van der Waals surface area contributed by atoms with Crippen molar-refractivity contribution in [1.82, 2.24) is 10.2 Å². The minimum atomic E-state index is -0.691. The monoisotopic (exact) mass is 623 g/mol. The first-order valence-electron chi connectivity index (χ1n) is 12.8. The Morgan fingerprint density at radius 1 is 0.818 bits per heavy atom. The van der Waals surface area contributed by atoms with E-state index in [1.807, 2.05) is 0 Å². The quantitative estimate of drug-likeness (QED) is 0.205. The highest BCUT2D eigenvalue weighted by Crippen LogP contribution is 2.44. The average molecular weight is 624 g/mol. The maximum Gasteiger partial charge on any atom is 0.322 e. The summed E-state index contributed by atoms with van der Waals surface area (Å²) in [6.45, 7) is -0.624. The van der Waals surface area contributed by atoms with E-state index in [4.69, 9.17) is 48.9 Å². The standard InChI is InChI=1S/C30H26ClN3O10/c1-37-18-12-19(38-2)24-20(13-18)43-26(16-10-21(39-3)27(41-5)22(11-16)40-4)28(25(24)36)42-14-23(35)32-30-34-33-29(44-30)15-7-6-8-17(31)9-15/h6-13H,14H2,1-5H3,(H,32,34,35). The lowest BCUT2D eigenvalue weighted by Gasteiger charge is -2.16. The van der Waals surface area contributed by atoms with Gasteiger partial charge in [-0.2, -0.15) is 0 Å². The van der Waals surface area contributed by atoms with Crippen molar-refractivity contribution in [1.29, 1.82) is 0 Å². The Morgan fingerprint density at radius 2 is 1.55 bits per heavy atom. The second kappa shape index (κ2) is 12.8. The summed E-state index contributed by atoms with van der Waals surface area (Å²) in [5.41, 5.74) is 0.435. The fourth-order valence-electron chi connectivity index (χ4n) is 4.36. The zero-order valence-electron chi connectivity index (χ0n) is 24.2. The number of methoxy groups -OCH3 is 5. The van der Waals surface area contributed by atoms with Gasteiger partial charge in [0, 0.05) is 28.3 Å². The molecule has 1 N–H and O–H groups in total. The number of hydrogen-bond acceptors (Lipinski definition) is 12. The summed E-state index contributed by atoms with van der Waals surface area (Å²) in [4.78, 5) is 26.8. The SMILES string of the molecule is COc1cc(OC)c2c(=O)c(OCC(=O)Nc3nnc(-c4cccc(Cl)c4)o3)c(-c3cc(OC)c(OC)c(OC)c3)oc2c1. The average Bonchev–Trinajstić information content (AvgIpc) is 3.51. The third-order valence-electron chi connectivity index (χ3n) is 6.36. The van der Waals surface area contributed by atoms with Crippen LogP contribution in [0.5, 0.6) is 34.5 Å². The van der Waals surface area contributed by atoms with Gasteiger partial charge < -0.3 is 37.3 Å². The van der Waals surface area contributed by atoms with Crippen molar-refractivity contribution in [3.63, 3.8) is 0 Å². The third-order valence-corrected chi connectivity index (χ3v) is 6.60. The minimum Gasteiger partial charge on any atom is -0.496 e. The van der Waals surface area contributed by atoms with E-state index in [-0.39, 0.29) is 40.1 Å². The molecule has 2 heterocycles.